The Hall–Kier alpha value is -5.44. The monoisotopic (exact) mass is 949 g/mol. The molecule has 2 saturated heterocycles. The molecule has 2 fully saturated rings. The van der Waals surface area contributed by atoms with Crippen molar-refractivity contribution in [1.82, 2.24) is 26.2 Å². The zero-order valence-corrected chi connectivity index (χ0v) is 39.3. The molecule has 0 saturated carbocycles. The minimum absolute atomic E-state index is 0.0900. The van der Waals surface area contributed by atoms with Gasteiger partial charge in [-0.1, -0.05) is 40.0 Å². The minimum Gasteiger partial charge on any atom is -0.481 e. The van der Waals surface area contributed by atoms with Crippen LogP contribution in [0.1, 0.15) is 143 Å². The van der Waals surface area contributed by atoms with Gasteiger partial charge in [0.1, 0.15) is 5.78 Å². The molecule has 2 aliphatic rings. The quantitative estimate of drug-likeness (QED) is 0.0411. The summed E-state index contributed by atoms with van der Waals surface area (Å²) >= 11 is 0. The molecule has 2 rings (SSSR count). The lowest BCUT2D eigenvalue weighted by atomic mass is 9.90. The van der Waals surface area contributed by atoms with E-state index in [4.69, 9.17) is 5.73 Å². The van der Waals surface area contributed by atoms with Gasteiger partial charge in [-0.25, -0.2) is 0 Å². The zero-order valence-electron chi connectivity index (χ0n) is 39.3. The van der Waals surface area contributed by atoms with Gasteiger partial charge >= 0.3 is 11.9 Å². The van der Waals surface area contributed by atoms with Gasteiger partial charge in [0.05, 0.1) is 55.1 Å². The Morgan fingerprint density at radius 1 is 0.746 bits per heavy atom. The maximum absolute atomic E-state index is 13.4. The van der Waals surface area contributed by atoms with Crippen molar-refractivity contribution < 1.29 is 72.9 Å². The number of ketones is 5. The van der Waals surface area contributed by atoms with E-state index in [0.717, 1.165) is 12.8 Å². The highest BCUT2D eigenvalue weighted by atomic mass is 16.4. The van der Waals surface area contributed by atoms with Crippen LogP contribution in [0.3, 0.4) is 0 Å². The predicted molar refractivity (Wildman–Crippen MR) is 239 cm³/mol. The van der Waals surface area contributed by atoms with Crippen LogP contribution >= 0.6 is 0 Å². The molecule has 21 nitrogen and oxygen atoms in total. The lowest BCUT2D eigenvalue weighted by Gasteiger charge is -2.25. The molecule has 0 aliphatic carbocycles. The first-order valence-electron chi connectivity index (χ1n) is 23.5. The number of hydrogen-bond acceptors (Lipinski definition) is 14. The van der Waals surface area contributed by atoms with Gasteiger partial charge in [0, 0.05) is 70.4 Å². The first-order chi connectivity index (χ1) is 31.5. The van der Waals surface area contributed by atoms with Crippen molar-refractivity contribution in [3.05, 3.63) is 0 Å². The number of nitrogens with one attached hydrogen (secondary N) is 4. The van der Waals surface area contributed by atoms with E-state index < -0.39 is 126 Å². The van der Waals surface area contributed by atoms with Crippen LogP contribution in [-0.2, 0) is 57.5 Å². The molecule has 67 heavy (non-hydrogen) atoms. The summed E-state index contributed by atoms with van der Waals surface area (Å²) in [7, 11) is 0. The van der Waals surface area contributed by atoms with Crippen LogP contribution < -0.4 is 27.0 Å². The third-order valence-electron chi connectivity index (χ3n) is 12.1. The van der Waals surface area contributed by atoms with Crippen LogP contribution in [0, 0.1) is 23.7 Å². The second kappa shape index (κ2) is 29.3. The fourth-order valence-corrected chi connectivity index (χ4v) is 8.36. The van der Waals surface area contributed by atoms with E-state index in [1.165, 1.54) is 11.8 Å². The maximum atomic E-state index is 13.4. The number of aliphatic hydroxyl groups is 1. The minimum atomic E-state index is -1.51. The molecular weight excluding hydrogens is 877 g/mol. The summed E-state index contributed by atoms with van der Waals surface area (Å²) in [5.74, 6) is -12.0. The number of likely N-dealkylation sites (tertiary alicyclic amines) is 1. The number of nitrogens with two attached hydrogens (primary N) is 1. The van der Waals surface area contributed by atoms with E-state index in [0.29, 0.717) is 32.2 Å². The van der Waals surface area contributed by atoms with Gasteiger partial charge in [0.15, 0.2) is 23.1 Å². The Morgan fingerprint density at radius 2 is 1.45 bits per heavy atom. The number of aliphatic carboxylic acids is 2. The van der Waals surface area contributed by atoms with Crippen molar-refractivity contribution in [2.45, 2.75) is 174 Å². The number of β-amino-alcohol motifs (C(OH)–C–C–N with tert-alkyl or cyclic N) is 1. The van der Waals surface area contributed by atoms with Gasteiger partial charge in [0.2, 0.25) is 29.5 Å². The number of nitrogens with zero attached hydrogens (tertiary/aromatic N) is 1. The SMILES string of the molecule is CCCCC[C@H](CC(=O)[C@@H]1CCCN1C(=O)CCC(=O)[C@H](C)NC(=O)[C@@H](CC(=O)CNC(=O)[C@H](CC(=O)O)CC(=O)[C@H](CCC(N)=O)NC(=O)CCC(=O)[C@@H]1C[C@@H](O)CN1)CC(C)C)C(=O)O. The lowest BCUT2D eigenvalue weighted by Crippen LogP contribution is -2.45. The topological polar surface area (TPSA) is 343 Å². The number of unbranched alkanes of at least 4 members (excludes halogenated alkanes) is 2. The molecule has 0 unspecified atom stereocenters. The largest absolute Gasteiger partial charge is 0.481 e. The molecule has 2 aliphatic heterocycles. The smallest absolute Gasteiger partial charge is 0.306 e. The molecule has 376 valence electrons. The van der Waals surface area contributed by atoms with Crippen molar-refractivity contribution in [2.75, 3.05) is 19.6 Å². The average Bonchev–Trinajstić information content (AvgIpc) is 3.93. The van der Waals surface area contributed by atoms with E-state index in [9.17, 15) is 72.9 Å². The number of carbonyl (C=O) groups is 12. The van der Waals surface area contributed by atoms with Crippen molar-refractivity contribution in [3.63, 3.8) is 0 Å². The Kier molecular flexibility index (Phi) is 25.3. The first kappa shape index (κ1) is 57.7. The highest BCUT2D eigenvalue weighted by molar-refractivity contribution is 5.97. The Balaban J connectivity index is 1.98. The molecule has 0 radical (unpaired) electrons. The van der Waals surface area contributed by atoms with Crippen LogP contribution in [-0.4, -0.2) is 141 Å². The number of carboxylic acids is 2. The van der Waals surface area contributed by atoms with Gasteiger partial charge < -0.3 is 47.2 Å². The zero-order chi connectivity index (χ0) is 50.4. The van der Waals surface area contributed by atoms with Gasteiger partial charge in [-0.2, -0.15) is 0 Å². The third-order valence-corrected chi connectivity index (χ3v) is 12.1. The van der Waals surface area contributed by atoms with Crippen LogP contribution in [0.2, 0.25) is 0 Å². The van der Waals surface area contributed by atoms with Crippen molar-refractivity contribution >= 4 is 70.4 Å². The van der Waals surface area contributed by atoms with Gasteiger partial charge in [-0.15, -0.1) is 0 Å². The predicted octanol–water partition coefficient (Wildman–Crippen LogP) is 0.682. The molecular formula is C46H72N6O15. The fourth-order valence-electron chi connectivity index (χ4n) is 8.36. The molecule has 9 N–H and O–H groups in total. The second-order valence-corrected chi connectivity index (χ2v) is 18.3. The number of amides is 5. The molecule has 8 atom stereocenters. The van der Waals surface area contributed by atoms with Gasteiger partial charge in [-0.3, -0.25) is 57.5 Å². The molecule has 5 amide bonds. The molecule has 2 heterocycles. The fraction of sp³-hybridized carbons (Fsp3) is 0.739. The summed E-state index contributed by atoms with van der Waals surface area (Å²) in [6.45, 7) is 6.93. The number of carboxylic acid groups (broad SMARTS) is 2. The number of Topliss-reactive ketones (excluding diaryl/α,β-unsaturated/α-hetero) is 5. The van der Waals surface area contributed by atoms with E-state index >= 15 is 0 Å². The van der Waals surface area contributed by atoms with Crippen LogP contribution in [0.5, 0.6) is 0 Å². The van der Waals surface area contributed by atoms with Crippen LogP contribution in [0.15, 0.2) is 0 Å². The highest BCUT2D eigenvalue weighted by Gasteiger charge is 2.37. The van der Waals surface area contributed by atoms with E-state index in [-0.39, 0.29) is 88.2 Å². The average molecular weight is 949 g/mol. The molecule has 21 heteroatoms. The standard InChI is InChI=1S/C46H72N6O15/c1-5-6-7-9-28(46(66)67)20-39(58)35-10-8-17-52(35)42(61)16-13-36(55)27(4)50-45(65)29(18-26(2)3)19-31(53)25-49-44(64)30(22-43(62)63)21-38(57)33(11-14-40(47)59)51-41(60)15-12-37(56)34-23-32(54)24-48-34/h26-30,32-35,48,54H,5-25H2,1-4H3,(H2,47,59)(H,49,64)(H,50,65)(H,51,60)(H,62,63)(H,66,67)/t27-,28+,29+,30-,32+,33-,34-,35-/m0/s1. The molecule has 0 aromatic heterocycles. The summed E-state index contributed by atoms with van der Waals surface area (Å²) in [5.41, 5.74) is 5.25. The Bertz CT molecular complexity index is 1800. The second-order valence-electron chi connectivity index (χ2n) is 18.3. The summed E-state index contributed by atoms with van der Waals surface area (Å²) in [4.78, 5) is 154. The molecule has 0 aromatic rings. The van der Waals surface area contributed by atoms with Crippen LogP contribution in [0.4, 0.5) is 0 Å². The summed E-state index contributed by atoms with van der Waals surface area (Å²) in [6.07, 6.45) is -0.322. The van der Waals surface area contributed by atoms with Crippen molar-refractivity contribution in [1.29, 1.82) is 0 Å². The molecule has 0 spiro atoms. The Labute approximate surface area is 391 Å². The van der Waals surface area contributed by atoms with Gasteiger partial charge in [-0.05, 0) is 51.4 Å². The summed E-state index contributed by atoms with van der Waals surface area (Å²) in [6, 6.07) is -3.82. The number of primary amides is 1. The number of aliphatic hydroxyl groups excluding tert-OH is 1. The first-order valence-corrected chi connectivity index (χ1v) is 23.5. The molecule has 0 bridgehead atoms. The normalized spacial score (nSPS) is 19.1. The maximum Gasteiger partial charge on any atom is 0.306 e. The van der Waals surface area contributed by atoms with E-state index in [2.05, 4.69) is 21.3 Å². The van der Waals surface area contributed by atoms with E-state index in [1.54, 1.807) is 0 Å². The highest BCUT2D eigenvalue weighted by Crippen LogP contribution is 2.25. The summed E-state index contributed by atoms with van der Waals surface area (Å²) < 4.78 is 0. The van der Waals surface area contributed by atoms with Crippen molar-refractivity contribution in [3.8, 4) is 0 Å². The van der Waals surface area contributed by atoms with Gasteiger partial charge in [0.25, 0.3) is 0 Å². The van der Waals surface area contributed by atoms with Crippen molar-refractivity contribution in [2.24, 2.45) is 29.4 Å². The summed E-state index contributed by atoms with van der Waals surface area (Å²) in [5, 5.41) is 39.1. The Morgan fingerprint density at radius 3 is 2.04 bits per heavy atom. The third kappa shape index (κ3) is 21.4. The number of carbonyl (C=O) groups excluding carboxylic acids is 10. The molecule has 0 aromatic carbocycles. The number of hydrogen-bond donors (Lipinski definition) is 8. The van der Waals surface area contributed by atoms with E-state index in [1.807, 2.05) is 20.8 Å². The number of rotatable bonds is 34. The van der Waals surface area contributed by atoms with Crippen LogP contribution in [0.25, 0.3) is 0 Å². The lowest BCUT2D eigenvalue weighted by molar-refractivity contribution is -0.145.